The summed E-state index contributed by atoms with van der Waals surface area (Å²) in [6.07, 6.45) is 4.67. The number of amides is 2. The lowest BCUT2D eigenvalue weighted by atomic mass is 9.97. The van der Waals surface area contributed by atoms with E-state index in [9.17, 15) is 18.0 Å². The zero-order valence-electron chi connectivity index (χ0n) is 18.7. The van der Waals surface area contributed by atoms with Gasteiger partial charge in [-0.25, -0.2) is 8.42 Å². The van der Waals surface area contributed by atoms with Gasteiger partial charge in [-0.1, -0.05) is 32.4 Å². The van der Waals surface area contributed by atoms with Gasteiger partial charge in [0.2, 0.25) is 21.8 Å². The molecule has 0 saturated carbocycles. The quantitative estimate of drug-likeness (QED) is 0.693. The van der Waals surface area contributed by atoms with Crippen molar-refractivity contribution in [2.45, 2.75) is 63.2 Å². The number of sulfonamides is 1. The summed E-state index contributed by atoms with van der Waals surface area (Å²) in [7, 11) is -3.54. The maximum absolute atomic E-state index is 12.9. The van der Waals surface area contributed by atoms with E-state index < -0.39 is 10.0 Å². The van der Waals surface area contributed by atoms with Gasteiger partial charge in [-0.3, -0.25) is 9.59 Å². The second-order valence-electron chi connectivity index (χ2n) is 8.88. The first-order chi connectivity index (χ1) is 14.8. The van der Waals surface area contributed by atoms with E-state index in [2.05, 4.69) is 19.2 Å². The zero-order valence-corrected chi connectivity index (χ0v) is 19.5. The predicted octanol–water partition coefficient (Wildman–Crippen LogP) is 2.73. The molecule has 0 spiro atoms. The number of nitrogens with one attached hydrogen (secondary N) is 1. The van der Waals surface area contributed by atoms with Crippen molar-refractivity contribution < 1.29 is 18.0 Å². The molecule has 2 aliphatic rings. The van der Waals surface area contributed by atoms with Crippen LogP contribution in [-0.4, -0.2) is 62.2 Å². The molecule has 0 aromatic heterocycles. The minimum absolute atomic E-state index is 0.0411. The molecule has 1 aromatic carbocycles. The smallest absolute Gasteiger partial charge is 0.243 e. The van der Waals surface area contributed by atoms with Gasteiger partial charge in [0.15, 0.2) is 0 Å². The molecule has 3 rings (SSSR count). The molecule has 0 bridgehead atoms. The molecule has 2 aliphatic heterocycles. The first kappa shape index (κ1) is 23.7. The van der Waals surface area contributed by atoms with Crippen LogP contribution in [0.1, 0.15) is 63.9 Å². The first-order valence-electron chi connectivity index (χ1n) is 11.4. The Hall–Kier alpha value is -1.93. The highest BCUT2D eigenvalue weighted by molar-refractivity contribution is 7.89. The van der Waals surface area contributed by atoms with Crippen LogP contribution in [0.3, 0.4) is 0 Å². The van der Waals surface area contributed by atoms with Crippen LogP contribution in [0, 0.1) is 5.92 Å². The third kappa shape index (κ3) is 6.07. The summed E-state index contributed by atoms with van der Waals surface area (Å²) >= 11 is 0. The van der Waals surface area contributed by atoms with Crippen molar-refractivity contribution in [1.29, 1.82) is 0 Å². The fraction of sp³-hybridized carbons (Fsp3) is 0.652. The highest BCUT2D eigenvalue weighted by atomic mass is 32.2. The van der Waals surface area contributed by atoms with Gasteiger partial charge in [-0.05, 0) is 49.3 Å². The molecule has 2 fully saturated rings. The van der Waals surface area contributed by atoms with Crippen molar-refractivity contribution in [3.8, 4) is 0 Å². The molecule has 0 atom stereocenters. The van der Waals surface area contributed by atoms with Gasteiger partial charge in [0.25, 0.3) is 0 Å². The van der Waals surface area contributed by atoms with E-state index in [1.165, 1.54) is 4.31 Å². The summed E-state index contributed by atoms with van der Waals surface area (Å²) < 4.78 is 27.4. The molecule has 31 heavy (non-hydrogen) atoms. The number of piperidine rings is 1. The average molecular weight is 450 g/mol. The molecule has 2 heterocycles. The van der Waals surface area contributed by atoms with Crippen LogP contribution < -0.4 is 5.32 Å². The molecular weight excluding hydrogens is 414 g/mol. The van der Waals surface area contributed by atoms with Crippen molar-refractivity contribution in [3.05, 3.63) is 29.8 Å². The van der Waals surface area contributed by atoms with E-state index in [1.807, 2.05) is 17.0 Å². The van der Waals surface area contributed by atoms with Gasteiger partial charge in [0.05, 0.1) is 4.90 Å². The molecule has 0 radical (unpaired) electrons. The SMILES string of the molecule is CC(C)c1ccc(S(=O)(=O)N2CCC(C(=O)NCCN3CCCCCC3=O)CC2)cc1. The molecule has 7 nitrogen and oxygen atoms in total. The van der Waals surface area contributed by atoms with Gasteiger partial charge >= 0.3 is 0 Å². The van der Waals surface area contributed by atoms with Gasteiger partial charge < -0.3 is 10.2 Å². The number of rotatable bonds is 7. The molecular formula is C23H35N3O4S. The topological polar surface area (TPSA) is 86.8 Å². The molecule has 0 aliphatic carbocycles. The van der Waals surface area contributed by atoms with Crippen LogP contribution in [0.4, 0.5) is 0 Å². The highest BCUT2D eigenvalue weighted by Crippen LogP contribution is 2.25. The van der Waals surface area contributed by atoms with Crippen molar-refractivity contribution in [2.24, 2.45) is 5.92 Å². The molecule has 1 N–H and O–H groups in total. The lowest BCUT2D eigenvalue weighted by Crippen LogP contribution is -2.44. The lowest BCUT2D eigenvalue weighted by molar-refractivity contribution is -0.131. The van der Waals surface area contributed by atoms with Crippen molar-refractivity contribution in [2.75, 3.05) is 32.7 Å². The number of hydrogen-bond donors (Lipinski definition) is 1. The number of benzene rings is 1. The normalized spacial score (nSPS) is 19.5. The van der Waals surface area contributed by atoms with E-state index in [0.717, 1.165) is 31.4 Å². The van der Waals surface area contributed by atoms with Crippen LogP contribution in [-0.2, 0) is 19.6 Å². The van der Waals surface area contributed by atoms with Gasteiger partial charge in [-0.15, -0.1) is 0 Å². The van der Waals surface area contributed by atoms with Crippen LogP contribution in [0.25, 0.3) is 0 Å². The Morgan fingerprint density at radius 2 is 1.74 bits per heavy atom. The van der Waals surface area contributed by atoms with Gasteiger partial charge in [0, 0.05) is 45.1 Å². The minimum atomic E-state index is -3.54. The van der Waals surface area contributed by atoms with Crippen LogP contribution in [0.15, 0.2) is 29.2 Å². The molecule has 2 saturated heterocycles. The van der Waals surface area contributed by atoms with Gasteiger partial charge in [0.1, 0.15) is 0 Å². The lowest BCUT2D eigenvalue weighted by Gasteiger charge is -2.31. The summed E-state index contributed by atoms with van der Waals surface area (Å²) in [6.45, 7) is 6.60. The number of likely N-dealkylation sites (tertiary alicyclic amines) is 1. The summed E-state index contributed by atoms with van der Waals surface area (Å²) in [5, 5.41) is 2.94. The van der Waals surface area contributed by atoms with Crippen LogP contribution in [0.5, 0.6) is 0 Å². The minimum Gasteiger partial charge on any atom is -0.354 e. The largest absolute Gasteiger partial charge is 0.354 e. The standard InChI is InChI=1S/C23H35N3O4S/c1-18(2)19-7-9-21(10-8-19)31(29,30)26-15-11-20(12-16-26)23(28)24-13-17-25-14-5-3-4-6-22(25)27/h7-10,18,20H,3-6,11-17H2,1-2H3,(H,24,28). The summed E-state index contributed by atoms with van der Waals surface area (Å²) in [5.41, 5.74) is 1.11. The maximum atomic E-state index is 12.9. The van der Waals surface area contributed by atoms with E-state index in [-0.39, 0.29) is 17.7 Å². The van der Waals surface area contributed by atoms with Gasteiger partial charge in [-0.2, -0.15) is 4.31 Å². The predicted molar refractivity (Wildman–Crippen MR) is 120 cm³/mol. The second-order valence-corrected chi connectivity index (χ2v) is 10.8. The summed E-state index contributed by atoms with van der Waals surface area (Å²) in [5.74, 6) is 0.297. The van der Waals surface area contributed by atoms with E-state index in [1.54, 1.807) is 12.1 Å². The Kier molecular flexibility index (Phi) is 8.11. The fourth-order valence-electron chi connectivity index (χ4n) is 4.27. The Bertz CT molecular complexity index is 859. The summed E-state index contributed by atoms with van der Waals surface area (Å²) in [4.78, 5) is 26.7. The monoisotopic (exact) mass is 449 g/mol. The maximum Gasteiger partial charge on any atom is 0.243 e. The van der Waals surface area contributed by atoms with E-state index in [0.29, 0.717) is 56.3 Å². The van der Waals surface area contributed by atoms with Crippen molar-refractivity contribution >= 4 is 21.8 Å². The number of hydrogen-bond acceptors (Lipinski definition) is 4. The summed E-state index contributed by atoms with van der Waals surface area (Å²) in [6, 6.07) is 7.08. The Morgan fingerprint density at radius 1 is 1.06 bits per heavy atom. The Labute approximate surface area is 186 Å². The van der Waals surface area contributed by atoms with Crippen LogP contribution in [0.2, 0.25) is 0 Å². The Morgan fingerprint density at radius 3 is 2.39 bits per heavy atom. The third-order valence-electron chi connectivity index (χ3n) is 6.36. The average Bonchev–Trinajstić information content (AvgIpc) is 2.98. The molecule has 0 unspecified atom stereocenters. The Balaban J connectivity index is 1.47. The van der Waals surface area contributed by atoms with Crippen molar-refractivity contribution in [1.82, 2.24) is 14.5 Å². The third-order valence-corrected chi connectivity index (χ3v) is 8.27. The number of carbonyl (C=O) groups is 2. The molecule has 8 heteroatoms. The molecule has 172 valence electrons. The fourth-order valence-corrected chi connectivity index (χ4v) is 5.74. The first-order valence-corrected chi connectivity index (χ1v) is 12.9. The van der Waals surface area contributed by atoms with Crippen LogP contribution >= 0.6 is 0 Å². The zero-order chi connectivity index (χ0) is 22.4. The molecule has 1 aromatic rings. The molecule has 2 amide bonds. The second kappa shape index (κ2) is 10.6. The van der Waals surface area contributed by atoms with Crippen molar-refractivity contribution in [3.63, 3.8) is 0 Å². The number of carbonyl (C=O) groups excluding carboxylic acids is 2. The van der Waals surface area contributed by atoms with E-state index in [4.69, 9.17) is 0 Å². The van der Waals surface area contributed by atoms with E-state index >= 15 is 0 Å². The highest BCUT2D eigenvalue weighted by Gasteiger charge is 2.32. The number of nitrogens with zero attached hydrogens (tertiary/aromatic N) is 2.